The highest BCUT2D eigenvalue weighted by Crippen LogP contribution is 2.26. The fourth-order valence-electron chi connectivity index (χ4n) is 11.5. The highest BCUT2D eigenvalue weighted by Gasteiger charge is 2.34. The monoisotopic (exact) mass is 1860 g/mol. The molecule has 0 radical (unpaired) electrons. The lowest BCUT2D eigenvalue weighted by molar-refractivity contribution is -0.134. The van der Waals surface area contributed by atoms with Crippen LogP contribution in [-0.2, 0) is 27.1 Å². The summed E-state index contributed by atoms with van der Waals surface area (Å²) < 4.78 is 19.3. The van der Waals surface area contributed by atoms with Crippen molar-refractivity contribution in [3.8, 4) is 93.9 Å². The molecule has 10 aromatic carbocycles. The Hall–Kier alpha value is -16.8. The van der Waals surface area contributed by atoms with Crippen LogP contribution in [0.15, 0.2) is 293 Å². The smallest absolute Gasteiger partial charge is 0.372 e. The predicted molar refractivity (Wildman–Crippen MR) is 516 cm³/mol. The molecule has 135 heavy (non-hydrogen) atoms. The first-order valence-corrected chi connectivity index (χ1v) is 41.7. The zero-order valence-electron chi connectivity index (χ0n) is 72.9. The zero-order valence-corrected chi connectivity index (χ0v) is 74.4. The summed E-state index contributed by atoms with van der Waals surface area (Å²) in [6, 6.07) is 85.8. The molecule has 12 N–H and O–H groups in total. The maximum absolute atomic E-state index is 12.4. The molecule has 4 heterocycles. The molecule has 32 heteroatoms. The van der Waals surface area contributed by atoms with E-state index in [1.807, 2.05) is 188 Å². The van der Waals surface area contributed by atoms with Gasteiger partial charge in [-0.25, -0.2) is 26.1 Å². The van der Waals surface area contributed by atoms with Gasteiger partial charge in [-0.15, -0.1) is 49.4 Å². The lowest BCUT2D eigenvalue weighted by Gasteiger charge is -2.10. The van der Waals surface area contributed by atoms with Crippen LogP contribution in [0.3, 0.4) is 0 Å². The Kier molecular flexibility index (Phi) is 51.7. The van der Waals surface area contributed by atoms with Gasteiger partial charge in [-0.1, -0.05) is 235 Å². The van der Waals surface area contributed by atoms with Crippen LogP contribution in [-0.4, -0.2) is 153 Å². The Morgan fingerprint density at radius 2 is 0.800 bits per heavy atom. The molecule has 0 bridgehead atoms. The second kappa shape index (κ2) is 63.2. The van der Waals surface area contributed by atoms with Crippen LogP contribution in [0.2, 0.25) is 0 Å². The molecular weight excluding hydrogens is 1760 g/mol. The third-order valence-corrected chi connectivity index (χ3v) is 18.2. The van der Waals surface area contributed by atoms with Crippen LogP contribution in [0.5, 0.6) is 0 Å². The molecule has 0 atom stereocenters. The number of aromatic nitrogens is 2. The summed E-state index contributed by atoms with van der Waals surface area (Å²) in [6.07, 6.45) is 22.7. The number of carbonyl (C=O) groups excluding carboxylic acids is 11. The van der Waals surface area contributed by atoms with Gasteiger partial charge in [0.2, 0.25) is 0 Å². The average Bonchev–Trinajstić information content (AvgIpc) is 1.63. The lowest BCUT2D eigenvalue weighted by Crippen LogP contribution is -2.30. The van der Waals surface area contributed by atoms with Crippen LogP contribution in [0, 0.1) is 60.4 Å². The van der Waals surface area contributed by atoms with Gasteiger partial charge in [-0.3, -0.25) is 58.6 Å². The molecule has 0 saturated carbocycles. The third-order valence-electron chi connectivity index (χ3n) is 17.8. The van der Waals surface area contributed by atoms with Crippen molar-refractivity contribution in [1.29, 1.82) is 11.1 Å². The molecule has 30 nitrogen and oxygen atoms in total. The number of nitrogens with one attached hydrogen (secondary N) is 7. The topological polar surface area (TPSA) is 468 Å². The van der Waals surface area contributed by atoms with E-state index in [1.54, 1.807) is 92.7 Å². The summed E-state index contributed by atoms with van der Waals surface area (Å²) in [5, 5.41) is 43.6. The normalized spacial score (nSPS) is 10.5. The van der Waals surface area contributed by atoms with E-state index in [9.17, 15) is 52.7 Å². The second-order valence-corrected chi connectivity index (χ2v) is 27.6. The van der Waals surface area contributed by atoms with Gasteiger partial charge in [-0.05, 0) is 137 Å². The minimum absolute atomic E-state index is 0. The summed E-state index contributed by atoms with van der Waals surface area (Å²) in [6.45, 7) is 6.04. The van der Waals surface area contributed by atoms with Crippen molar-refractivity contribution in [1.82, 2.24) is 42.0 Å². The number of aliphatic hydroxyl groups is 1. The Morgan fingerprint density at radius 1 is 0.459 bits per heavy atom. The third kappa shape index (κ3) is 38.0. The molecule has 696 valence electrons. The first-order chi connectivity index (χ1) is 65.0. The Balaban J connectivity index is 0.000000408. The number of halogens is 2. The van der Waals surface area contributed by atoms with Gasteiger partial charge < -0.3 is 50.5 Å². The standard InChI is InChI=1S/C21H20N2O4.C19H17N3O4.C17H15NO.C13H9ClO.C12H9NO2.C8H5NO2.C4H6ClNO3.C4H7N.C4H6O.CH4.H2N2.H2/c1-2-26-21(25)19-14-18(27-23-19)11-12-22-20(24)17-10-6-9-16(13-17)15-7-4-3-5-8-15;23-18(20-10-9-16-12-17(22-26-16)19(24)21-25)15-8-4-7-14(11-15)13-5-2-1-3-6-13;1-2-3-12-18-17(19)16-11-7-10-15(13-16)14-8-5-4-6-9-14;14-13(15)12-8-4-7-11(9-12)10-5-2-1-3-6-10;1-2-3-8-13-11(14)9-6-4-5-7-10(9)12(13)15;10-7-5-3-1-2-4-6(5)8(11)9-7;1-2-9-4(7)3(5)6-8;2*1-2-3-4-5;;1-2;/h3-10,13-14H,2,11-12H2,1H3,(H,22,24);1-8,11-12,25H,9-10H2,(H,20,23)(H,21,24);1,4-11,13H,3,12H2,(H,18,19);1-9H;1,4-7H,3,8H2;1-4H,(H,9,10,11);8H,2H2,1H3;1H,3-5H2;1,5H,3-4H2;1H4;1-2H;1H/b;;;;;;6-3-;;;;;. The number of nitrogens with zero attached hydrogens (tertiary/aromatic N) is 4. The minimum atomic E-state index is -0.818. The van der Waals surface area contributed by atoms with E-state index in [0.717, 1.165) is 44.5 Å². The SMILES string of the molecule is C.C#CCCN.C#CCCN1C(=O)c2ccccc2C1=O.C#CCCNC(=O)c1cccc(-c2ccccc2)c1.C#CCCO.CCOC(=O)/C(Cl)=N/O.CCOC(=O)c1cc(CCNC(=O)c2cccc(-c3ccccc3)c2)on1.N=N.O=C(Cl)c1cccc(-c2ccccc2)c1.O=C(NCCc1cc(C(=O)NO)no1)c1cccc(-c2ccccc2)c1.O=C1NC(=O)c2ccccc21.[HH]. The number of hydrogen-bond acceptors (Lipinski definition) is 24. The van der Waals surface area contributed by atoms with Gasteiger partial charge in [-0.2, -0.15) is 0 Å². The number of oxime groups is 1. The van der Waals surface area contributed by atoms with E-state index < -0.39 is 28.3 Å². The second-order valence-electron chi connectivity index (χ2n) is 26.9. The number of aliphatic hydroxyl groups excluding tert-OH is 1. The Labute approximate surface area is 793 Å². The first-order valence-electron chi connectivity index (χ1n) is 41.0. The van der Waals surface area contributed by atoms with Crippen molar-refractivity contribution in [2.45, 2.75) is 59.8 Å². The Bertz CT molecular complexity index is 5990. The number of esters is 2. The maximum atomic E-state index is 12.4. The summed E-state index contributed by atoms with van der Waals surface area (Å²) in [5.41, 5.74) is 29.0. The summed E-state index contributed by atoms with van der Waals surface area (Å²) >= 11 is 10.4. The average molecular weight is 1870 g/mol. The molecule has 0 fully saturated rings. The van der Waals surface area contributed by atoms with Crippen molar-refractivity contribution in [2.75, 3.05) is 52.5 Å². The van der Waals surface area contributed by atoms with Gasteiger partial charge in [0.1, 0.15) is 11.5 Å². The summed E-state index contributed by atoms with van der Waals surface area (Å²) in [5.74, 6) is 6.88. The number of hydroxylamine groups is 1. The van der Waals surface area contributed by atoms with Gasteiger partial charge >= 0.3 is 11.9 Å². The lowest BCUT2D eigenvalue weighted by atomic mass is 10.0. The van der Waals surface area contributed by atoms with Crippen molar-refractivity contribution in [3.05, 3.63) is 346 Å². The van der Waals surface area contributed by atoms with Crippen molar-refractivity contribution >= 4 is 92.8 Å². The number of fused-ring (bicyclic) bond motifs is 2. The molecule has 8 amide bonds. The molecule has 2 aromatic heterocycles. The first kappa shape index (κ1) is 110. The largest absolute Gasteiger partial charge is 0.461 e. The van der Waals surface area contributed by atoms with Crippen molar-refractivity contribution in [2.24, 2.45) is 10.9 Å². The minimum Gasteiger partial charge on any atom is -0.461 e. The molecule has 0 unspecified atom stereocenters. The van der Waals surface area contributed by atoms with Gasteiger partial charge in [0, 0.05) is 107 Å². The summed E-state index contributed by atoms with van der Waals surface area (Å²) in [4.78, 5) is 127. The van der Waals surface area contributed by atoms with E-state index in [-0.39, 0.29) is 81.4 Å². The molecular formula is C103H102Cl2N12O18. The highest BCUT2D eigenvalue weighted by atomic mass is 35.5. The van der Waals surface area contributed by atoms with Gasteiger partial charge in [0.15, 0.2) is 11.4 Å². The number of benzene rings is 10. The Morgan fingerprint density at radius 3 is 1.13 bits per heavy atom. The molecule has 2 aliphatic heterocycles. The number of carbonyl (C=O) groups is 11. The number of ether oxygens (including phenoxy) is 2. The molecule has 12 aromatic rings. The van der Waals surface area contributed by atoms with Crippen LogP contribution >= 0.6 is 23.2 Å². The predicted octanol–water partition coefficient (Wildman–Crippen LogP) is 16.7. The van der Waals surface area contributed by atoms with Gasteiger partial charge in [0.25, 0.3) is 57.7 Å². The van der Waals surface area contributed by atoms with E-state index in [0.29, 0.717) is 127 Å². The molecule has 0 saturated heterocycles. The number of hydrogen-bond donors (Lipinski definition) is 11. The highest BCUT2D eigenvalue weighted by molar-refractivity contribution is 6.81. The quantitative estimate of drug-likeness (QED) is 0.00242. The number of terminal acetylenes is 4. The van der Waals surface area contributed by atoms with E-state index in [2.05, 4.69) is 65.2 Å². The summed E-state index contributed by atoms with van der Waals surface area (Å²) in [7, 11) is 0. The fraction of sp³-hybridized carbons (Fsp3) is 0.165. The van der Waals surface area contributed by atoms with Crippen LogP contribution in [0.4, 0.5) is 0 Å². The van der Waals surface area contributed by atoms with Crippen LogP contribution < -0.4 is 32.5 Å². The number of nitrogens with two attached hydrogens (primary N) is 1. The molecule has 0 aliphatic carbocycles. The molecule has 14 rings (SSSR count). The number of rotatable bonds is 25. The fourth-order valence-corrected chi connectivity index (χ4v) is 11.6. The number of amides is 8. The van der Waals surface area contributed by atoms with Crippen molar-refractivity contribution in [3.63, 3.8) is 0 Å². The van der Waals surface area contributed by atoms with Crippen LogP contribution in [0.25, 0.3) is 44.5 Å². The van der Waals surface area contributed by atoms with Crippen LogP contribution in [0.1, 0.15) is 164 Å². The molecule has 0 spiro atoms. The number of imide groups is 2. The van der Waals surface area contributed by atoms with Crippen molar-refractivity contribution < 1.29 is 88.2 Å². The van der Waals surface area contributed by atoms with E-state index >= 15 is 0 Å². The zero-order chi connectivity index (χ0) is 97.8. The molecule has 2 aliphatic rings. The van der Waals surface area contributed by atoms with E-state index in [4.69, 9.17) is 95.0 Å². The van der Waals surface area contributed by atoms with E-state index in [1.165, 1.54) is 22.5 Å². The maximum Gasteiger partial charge on any atom is 0.372 e. The van der Waals surface area contributed by atoms with Gasteiger partial charge in [0.05, 0.1) is 42.1 Å².